The Morgan fingerprint density at radius 3 is 1.10 bits per heavy atom. The second-order valence-corrected chi connectivity index (χ2v) is 5.38. The molecule has 0 spiro atoms. The van der Waals surface area contributed by atoms with Gasteiger partial charge in [-0.15, -0.1) is 4.13 Å². The molecule has 64 valence electrons. The molecule has 0 unspecified atom stereocenters. The zero-order chi connectivity index (χ0) is 7.71. The smallest absolute Gasteiger partial charge is 0.212 e. The van der Waals surface area contributed by atoms with Crippen LogP contribution in [0.25, 0.3) is 0 Å². The molecule has 0 aromatic rings. The van der Waals surface area contributed by atoms with Crippen LogP contribution in [-0.4, -0.2) is 29.3 Å². The van der Waals surface area contributed by atoms with Crippen molar-refractivity contribution in [2.75, 3.05) is 12.5 Å². The number of hydrogen-bond donors (Lipinski definition) is 1. The van der Waals surface area contributed by atoms with Gasteiger partial charge in [0.15, 0.2) is 0 Å². The summed E-state index contributed by atoms with van der Waals surface area (Å²) in [5.74, 6) is 0. The third kappa shape index (κ3) is 10.8. The molecule has 0 fully saturated rings. The SMILES string of the molecule is C.CS(=O)(=O)NS(C)(=O)=O. The van der Waals surface area contributed by atoms with Crippen LogP contribution in [0.5, 0.6) is 0 Å². The van der Waals surface area contributed by atoms with E-state index in [1.807, 2.05) is 0 Å². The minimum atomic E-state index is -3.62. The third-order valence-corrected chi connectivity index (χ3v) is 2.72. The Labute approximate surface area is 61.5 Å². The van der Waals surface area contributed by atoms with Crippen molar-refractivity contribution < 1.29 is 16.8 Å². The fourth-order valence-electron chi connectivity index (χ4n) is 0.275. The molecule has 0 radical (unpaired) electrons. The first-order valence-electron chi connectivity index (χ1n) is 1.89. The number of nitrogens with one attached hydrogen (secondary N) is 1. The molecule has 0 atom stereocenters. The van der Waals surface area contributed by atoms with Gasteiger partial charge in [-0.25, -0.2) is 16.8 Å². The van der Waals surface area contributed by atoms with Gasteiger partial charge < -0.3 is 0 Å². The van der Waals surface area contributed by atoms with Crippen LogP contribution >= 0.6 is 0 Å². The predicted octanol–water partition coefficient (Wildman–Crippen LogP) is -0.869. The zero-order valence-corrected chi connectivity index (χ0v) is 6.58. The van der Waals surface area contributed by atoms with Crippen molar-refractivity contribution in [1.29, 1.82) is 0 Å². The molecule has 0 amide bonds. The van der Waals surface area contributed by atoms with E-state index < -0.39 is 20.0 Å². The molecule has 0 bridgehead atoms. The van der Waals surface area contributed by atoms with Gasteiger partial charge in [0, 0.05) is 0 Å². The highest BCUT2D eigenvalue weighted by Crippen LogP contribution is 1.78. The lowest BCUT2D eigenvalue weighted by atomic mass is 12.0. The molecule has 0 saturated heterocycles. The molecule has 5 nitrogen and oxygen atoms in total. The average molecular weight is 189 g/mol. The van der Waals surface area contributed by atoms with E-state index in [9.17, 15) is 16.8 Å². The fraction of sp³-hybridized carbons (Fsp3) is 1.00. The van der Waals surface area contributed by atoms with Crippen molar-refractivity contribution in [3.05, 3.63) is 0 Å². The summed E-state index contributed by atoms with van der Waals surface area (Å²) in [6.45, 7) is 0. The minimum absolute atomic E-state index is 0. The lowest BCUT2D eigenvalue weighted by Crippen LogP contribution is -2.27. The molecule has 0 aliphatic rings. The van der Waals surface area contributed by atoms with Crippen molar-refractivity contribution in [2.45, 2.75) is 7.43 Å². The lowest BCUT2D eigenvalue weighted by Gasteiger charge is -1.94. The second-order valence-electron chi connectivity index (χ2n) is 1.63. The maximum atomic E-state index is 10.2. The van der Waals surface area contributed by atoms with Crippen molar-refractivity contribution in [3.63, 3.8) is 0 Å². The summed E-state index contributed by atoms with van der Waals surface area (Å²) in [6.07, 6.45) is 1.54. The van der Waals surface area contributed by atoms with Gasteiger partial charge in [0.2, 0.25) is 20.0 Å². The summed E-state index contributed by atoms with van der Waals surface area (Å²) in [5, 5.41) is 0. The quantitative estimate of drug-likeness (QED) is 0.612. The van der Waals surface area contributed by atoms with Crippen LogP contribution in [0.3, 0.4) is 0 Å². The van der Waals surface area contributed by atoms with Crippen molar-refractivity contribution >= 4 is 20.0 Å². The molecule has 0 aliphatic heterocycles. The first kappa shape index (κ1) is 12.5. The summed E-state index contributed by atoms with van der Waals surface area (Å²) in [5.41, 5.74) is 0. The Hall–Kier alpha value is -0.140. The summed E-state index contributed by atoms with van der Waals surface area (Å²) in [6, 6.07) is 0. The van der Waals surface area contributed by atoms with Crippen LogP contribution in [0.2, 0.25) is 0 Å². The van der Waals surface area contributed by atoms with E-state index in [4.69, 9.17) is 0 Å². The molecule has 1 N–H and O–H groups in total. The predicted molar refractivity (Wildman–Crippen MR) is 39.6 cm³/mol. The van der Waals surface area contributed by atoms with Crippen molar-refractivity contribution in [3.8, 4) is 0 Å². The molecular weight excluding hydrogens is 178 g/mol. The molecule has 0 heterocycles. The number of rotatable bonds is 2. The Bertz CT molecular complexity index is 244. The van der Waals surface area contributed by atoms with Crippen LogP contribution in [0, 0.1) is 0 Å². The Morgan fingerprint density at radius 1 is 0.900 bits per heavy atom. The highest BCUT2D eigenvalue weighted by molar-refractivity contribution is 8.04. The summed E-state index contributed by atoms with van der Waals surface area (Å²) >= 11 is 0. The minimum Gasteiger partial charge on any atom is -0.212 e. The van der Waals surface area contributed by atoms with Gasteiger partial charge >= 0.3 is 0 Å². The van der Waals surface area contributed by atoms with Crippen molar-refractivity contribution in [1.82, 2.24) is 4.13 Å². The lowest BCUT2D eigenvalue weighted by molar-refractivity contribution is 0.584. The summed E-state index contributed by atoms with van der Waals surface area (Å²) in [4.78, 5) is 0. The van der Waals surface area contributed by atoms with Crippen LogP contribution in [0.15, 0.2) is 0 Å². The highest BCUT2D eigenvalue weighted by atomic mass is 32.3. The second kappa shape index (κ2) is 3.31. The number of sulfonamides is 2. The molecule has 0 aliphatic carbocycles. The average Bonchev–Trinajstić information content (AvgIpc) is 1.14. The van der Waals surface area contributed by atoms with Gasteiger partial charge in [0.25, 0.3) is 0 Å². The van der Waals surface area contributed by atoms with Crippen molar-refractivity contribution in [2.24, 2.45) is 0 Å². The highest BCUT2D eigenvalue weighted by Gasteiger charge is 2.08. The van der Waals surface area contributed by atoms with Gasteiger partial charge in [-0.05, 0) is 0 Å². The Kier molecular flexibility index (Phi) is 4.15. The van der Waals surface area contributed by atoms with E-state index in [0.717, 1.165) is 12.5 Å². The van der Waals surface area contributed by atoms with Gasteiger partial charge in [0.05, 0.1) is 12.5 Å². The molecule has 10 heavy (non-hydrogen) atoms. The van der Waals surface area contributed by atoms with E-state index in [1.165, 1.54) is 4.13 Å². The fourth-order valence-corrected chi connectivity index (χ4v) is 2.47. The van der Waals surface area contributed by atoms with E-state index in [0.29, 0.717) is 0 Å². The van der Waals surface area contributed by atoms with E-state index in [-0.39, 0.29) is 7.43 Å². The Balaban J connectivity index is 0. The molecule has 7 heteroatoms. The van der Waals surface area contributed by atoms with E-state index in [1.54, 1.807) is 0 Å². The molecule has 0 rings (SSSR count). The topological polar surface area (TPSA) is 80.3 Å². The van der Waals surface area contributed by atoms with E-state index in [2.05, 4.69) is 0 Å². The third-order valence-electron chi connectivity index (χ3n) is 0.303. The summed E-state index contributed by atoms with van der Waals surface area (Å²) < 4.78 is 42.0. The van der Waals surface area contributed by atoms with Crippen LogP contribution in [0.4, 0.5) is 0 Å². The van der Waals surface area contributed by atoms with Crippen LogP contribution in [0.1, 0.15) is 7.43 Å². The first-order chi connectivity index (χ1) is 3.71. The largest absolute Gasteiger partial charge is 0.221 e. The molecular formula is C3H11NO4S2. The van der Waals surface area contributed by atoms with Crippen LogP contribution < -0.4 is 4.13 Å². The molecule has 0 saturated carbocycles. The van der Waals surface area contributed by atoms with Gasteiger partial charge in [-0.1, -0.05) is 7.43 Å². The monoisotopic (exact) mass is 189 g/mol. The summed E-state index contributed by atoms with van der Waals surface area (Å²) in [7, 11) is -7.24. The van der Waals surface area contributed by atoms with Gasteiger partial charge in [0.1, 0.15) is 0 Å². The van der Waals surface area contributed by atoms with Gasteiger partial charge in [-0.2, -0.15) is 0 Å². The number of hydrogen-bond acceptors (Lipinski definition) is 4. The molecule has 0 aromatic heterocycles. The molecule has 0 aromatic carbocycles. The first-order valence-corrected chi connectivity index (χ1v) is 5.67. The van der Waals surface area contributed by atoms with Crippen LogP contribution in [-0.2, 0) is 20.0 Å². The zero-order valence-electron chi connectivity index (χ0n) is 4.95. The van der Waals surface area contributed by atoms with E-state index >= 15 is 0 Å². The standard InChI is InChI=1S/C2H7NO4S2.CH4/c1-8(4,5)3-9(2,6)7;/h3H,1-2H3;1H4. The van der Waals surface area contributed by atoms with Gasteiger partial charge in [-0.3, -0.25) is 0 Å². The normalized spacial score (nSPS) is 12.2. The maximum Gasteiger partial charge on any atom is 0.221 e. The maximum absolute atomic E-state index is 10.2. The Morgan fingerprint density at radius 2 is 1.10 bits per heavy atom.